The zero-order chi connectivity index (χ0) is 24.2. The minimum Gasteiger partial charge on any atom is -0.444 e. The molecule has 0 saturated heterocycles. The Morgan fingerprint density at radius 3 is 2.33 bits per heavy atom. The number of thiophene rings is 1. The van der Waals surface area contributed by atoms with Gasteiger partial charge in [-0.2, -0.15) is 8.42 Å². The van der Waals surface area contributed by atoms with Gasteiger partial charge in [0.05, 0.1) is 15.2 Å². The van der Waals surface area contributed by atoms with Crippen molar-refractivity contribution in [2.45, 2.75) is 30.6 Å². The lowest BCUT2D eigenvalue weighted by Crippen LogP contribution is -2.27. The summed E-state index contributed by atoms with van der Waals surface area (Å²) < 4.78 is 32.6. The van der Waals surface area contributed by atoms with E-state index >= 15 is 0 Å². The zero-order valence-corrected chi connectivity index (χ0v) is 21.3. The third kappa shape index (κ3) is 6.80. The predicted octanol–water partition coefficient (Wildman–Crippen LogP) is 5.55. The van der Waals surface area contributed by atoms with Crippen molar-refractivity contribution in [2.24, 2.45) is 0 Å². The van der Waals surface area contributed by atoms with E-state index in [-0.39, 0.29) is 4.21 Å². The molecule has 1 aromatic carbocycles. The Hall–Kier alpha value is -2.89. The highest BCUT2D eigenvalue weighted by atomic mass is 79.9. The Morgan fingerprint density at radius 1 is 1.06 bits per heavy atom. The maximum atomic E-state index is 12.7. The number of anilines is 2. The third-order valence-corrected chi connectivity index (χ3v) is 7.75. The van der Waals surface area contributed by atoms with Crippen LogP contribution in [-0.2, 0) is 19.6 Å². The van der Waals surface area contributed by atoms with Crippen molar-refractivity contribution in [2.75, 3.05) is 10.6 Å². The number of aromatic nitrogens is 1. The van der Waals surface area contributed by atoms with Gasteiger partial charge in [-0.15, -0.1) is 11.3 Å². The Bertz CT molecular complexity index is 1300. The third-order valence-electron chi connectivity index (χ3n) is 4.02. The average Bonchev–Trinajstić information content (AvgIpc) is 3.36. The van der Waals surface area contributed by atoms with Gasteiger partial charge >= 0.3 is 6.09 Å². The molecular formula is C22H22BrN3O5S2. The molecule has 2 heterocycles. The molecule has 0 bridgehead atoms. The van der Waals surface area contributed by atoms with Crippen LogP contribution in [0.4, 0.5) is 16.2 Å². The van der Waals surface area contributed by atoms with E-state index < -0.39 is 27.6 Å². The SMILES string of the molecule is CC(C)(C)OC(=O)Nc1ccccc1NC(=O)/C=C/c1ccn(S(=O)(=O)c2ccc(Br)s2)c1. The summed E-state index contributed by atoms with van der Waals surface area (Å²) in [5.41, 5.74) is 0.647. The average molecular weight is 552 g/mol. The summed E-state index contributed by atoms with van der Waals surface area (Å²) in [7, 11) is -3.70. The number of nitrogens with zero attached hydrogens (tertiary/aromatic N) is 1. The standard InChI is InChI=1S/C22H22BrN3O5S2/c1-22(2,3)31-21(28)25-17-7-5-4-6-16(17)24-19(27)10-8-15-12-13-26(14-15)33(29,30)20-11-9-18(23)32-20/h4-14H,1-3H3,(H,24,27)(H,25,28)/b10-8+. The van der Waals surface area contributed by atoms with E-state index in [0.29, 0.717) is 20.7 Å². The molecule has 0 fully saturated rings. The lowest BCUT2D eigenvalue weighted by atomic mass is 10.2. The second-order valence-electron chi connectivity index (χ2n) is 7.83. The summed E-state index contributed by atoms with van der Waals surface area (Å²) in [4.78, 5) is 24.5. The summed E-state index contributed by atoms with van der Waals surface area (Å²) in [5, 5.41) is 5.30. The van der Waals surface area contributed by atoms with Crippen LogP contribution in [0.3, 0.4) is 0 Å². The number of hydrogen-bond donors (Lipinski definition) is 2. The van der Waals surface area contributed by atoms with Gasteiger partial charge in [0.25, 0.3) is 10.0 Å². The highest BCUT2D eigenvalue weighted by Crippen LogP contribution is 2.28. The Balaban J connectivity index is 1.68. The molecule has 11 heteroatoms. The summed E-state index contributed by atoms with van der Waals surface area (Å²) in [6.07, 6.45) is 4.97. The second-order valence-corrected chi connectivity index (χ2v) is 12.4. The highest BCUT2D eigenvalue weighted by Gasteiger charge is 2.19. The van der Waals surface area contributed by atoms with Crippen LogP contribution in [0.2, 0.25) is 0 Å². The quantitative estimate of drug-likeness (QED) is 0.390. The maximum absolute atomic E-state index is 12.7. The molecule has 2 aromatic heterocycles. The minimum absolute atomic E-state index is 0.201. The number of nitrogens with one attached hydrogen (secondary N) is 2. The fourth-order valence-electron chi connectivity index (χ4n) is 2.64. The van der Waals surface area contributed by atoms with E-state index in [1.54, 1.807) is 57.2 Å². The molecule has 0 atom stereocenters. The number of amides is 2. The normalized spacial score (nSPS) is 12.0. The summed E-state index contributed by atoms with van der Waals surface area (Å²) >= 11 is 4.37. The predicted molar refractivity (Wildman–Crippen MR) is 133 cm³/mol. The van der Waals surface area contributed by atoms with E-state index in [0.717, 1.165) is 15.3 Å². The van der Waals surface area contributed by atoms with Crippen LogP contribution in [0.15, 0.2) is 68.9 Å². The first-order chi connectivity index (χ1) is 15.4. The molecule has 2 amide bonds. The van der Waals surface area contributed by atoms with Crippen LogP contribution in [0.25, 0.3) is 6.08 Å². The molecule has 0 aliphatic heterocycles. The Labute approximate surface area is 204 Å². The van der Waals surface area contributed by atoms with Gasteiger partial charge in [-0.3, -0.25) is 10.1 Å². The van der Waals surface area contributed by atoms with Gasteiger partial charge in [0.1, 0.15) is 9.81 Å². The number of carbonyl (C=O) groups is 2. The van der Waals surface area contributed by atoms with Gasteiger partial charge < -0.3 is 10.1 Å². The van der Waals surface area contributed by atoms with Crippen molar-refractivity contribution in [3.8, 4) is 0 Å². The van der Waals surface area contributed by atoms with E-state index in [1.807, 2.05) is 0 Å². The first-order valence-electron chi connectivity index (χ1n) is 9.71. The van der Waals surface area contributed by atoms with Crippen LogP contribution >= 0.6 is 27.3 Å². The van der Waals surface area contributed by atoms with Crippen LogP contribution in [-0.4, -0.2) is 30.0 Å². The zero-order valence-electron chi connectivity index (χ0n) is 18.0. The first-order valence-corrected chi connectivity index (χ1v) is 12.8. The Kier molecular flexibility index (Phi) is 7.45. The van der Waals surface area contributed by atoms with E-state index in [2.05, 4.69) is 26.6 Å². The van der Waals surface area contributed by atoms with E-state index in [1.165, 1.54) is 30.6 Å². The summed E-state index contributed by atoms with van der Waals surface area (Å²) in [6, 6.07) is 11.5. The fraction of sp³-hybridized carbons (Fsp3) is 0.182. The molecule has 174 valence electrons. The number of halogens is 1. The van der Waals surface area contributed by atoms with Gasteiger partial charge in [0, 0.05) is 18.5 Å². The van der Waals surface area contributed by atoms with E-state index in [4.69, 9.17) is 4.74 Å². The van der Waals surface area contributed by atoms with Gasteiger partial charge in [0.2, 0.25) is 5.91 Å². The summed E-state index contributed by atoms with van der Waals surface area (Å²) in [6.45, 7) is 5.26. The number of carbonyl (C=O) groups excluding carboxylic acids is 2. The number of rotatable bonds is 6. The highest BCUT2D eigenvalue weighted by molar-refractivity contribution is 9.11. The van der Waals surface area contributed by atoms with Crippen LogP contribution in [0, 0.1) is 0 Å². The van der Waals surface area contributed by atoms with E-state index in [9.17, 15) is 18.0 Å². The first kappa shape index (κ1) is 24.7. The maximum Gasteiger partial charge on any atom is 0.412 e. The lowest BCUT2D eigenvalue weighted by molar-refractivity contribution is -0.111. The lowest BCUT2D eigenvalue weighted by Gasteiger charge is -2.20. The smallest absolute Gasteiger partial charge is 0.412 e. The molecule has 3 rings (SSSR count). The van der Waals surface area contributed by atoms with Crippen molar-refractivity contribution in [1.82, 2.24) is 3.97 Å². The van der Waals surface area contributed by atoms with Gasteiger partial charge in [0.15, 0.2) is 0 Å². The largest absolute Gasteiger partial charge is 0.444 e. The topological polar surface area (TPSA) is 106 Å². The molecule has 0 spiro atoms. The van der Waals surface area contributed by atoms with Crippen molar-refractivity contribution in [1.29, 1.82) is 0 Å². The Morgan fingerprint density at radius 2 is 1.73 bits per heavy atom. The molecule has 0 aliphatic rings. The van der Waals surface area contributed by atoms with Crippen molar-refractivity contribution >= 4 is 66.7 Å². The monoisotopic (exact) mass is 551 g/mol. The minimum atomic E-state index is -3.70. The number of ether oxygens (including phenoxy) is 1. The van der Waals surface area contributed by atoms with Crippen LogP contribution < -0.4 is 10.6 Å². The molecule has 0 radical (unpaired) electrons. The molecule has 3 aromatic rings. The van der Waals surface area contributed by atoms with Crippen molar-refractivity contribution < 1.29 is 22.7 Å². The fourth-order valence-corrected chi connectivity index (χ4v) is 5.96. The van der Waals surface area contributed by atoms with Crippen LogP contribution in [0.5, 0.6) is 0 Å². The van der Waals surface area contributed by atoms with Gasteiger partial charge in [-0.05, 0) is 78.7 Å². The van der Waals surface area contributed by atoms with Crippen LogP contribution in [0.1, 0.15) is 26.3 Å². The molecule has 0 saturated carbocycles. The molecule has 0 unspecified atom stereocenters. The number of benzene rings is 1. The second kappa shape index (κ2) is 9.94. The molecule has 0 aliphatic carbocycles. The molecular weight excluding hydrogens is 530 g/mol. The molecule has 8 nitrogen and oxygen atoms in total. The van der Waals surface area contributed by atoms with Crippen molar-refractivity contribution in [3.05, 3.63) is 70.3 Å². The molecule has 33 heavy (non-hydrogen) atoms. The summed E-state index contributed by atoms with van der Waals surface area (Å²) in [5.74, 6) is -0.453. The van der Waals surface area contributed by atoms with Gasteiger partial charge in [-0.25, -0.2) is 8.77 Å². The van der Waals surface area contributed by atoms with Gasteiger partial charge in [-0.1, -0.05) is 12.1 Å². The number of para-hydroxylation sites is 2. The van der Waals surface area contributed by atoms with Crippen molar-refractivity contribution in [3.63, 3.8) is 0 Å². The number of hydrogen-bond acceptors (Lipinski definition) is 6. The molecule has 2 N–H and O–H groups in total.